The van der Waals surface area contributed by atoms with Crippen LogP contribution in [0.15, 0.2) is 24.3 Å². The largest absolute Gasteiger partial charge is 0.339 e. The van der Waals surface area contributed by atoms with Gasteiger partial charge in [0.25, 0.3) is 0 Å². The van der Waals surface area contributed by atoms with Gasteiger partial charge in [-0.25, -0.2) is 9.18 Å². The Morgan fingerprint density at radius 3 is 2.96 bits per heavy atom. The summed E-state index contributed by atoms with van der Waals surface area (Å²) in [5.74, 6) is 0.624. The number of fused-ring (bicyclic) bond motifs is 4. The molecule has 4 rings (SSSR count). The second-order valence-electron chi connectivity index (χ2n) is 7.21. The summed E-state index contributed by atoms with van der Waals surface area (Å²) < 4.78 is 13.3. The first-order valence-corrected chi connectivity index (χ1v) is 8.71. The Kier molecular flexibility index (Phi) is 3.90. The number of hydrogen-bond donors (Lipinski definition) is 1. The van der Waals surface area contributed by atoms with E-state index in [1.807, 2.05) is 4.90 Å². The lowest BCUT2D eigenvalue weighted by atomic mass is 9.76. The smallest absolute Gasteiger partial charge is 0.321 e. The summed E-state index contributed by atoms with van der Waals surface area (Å²) in [5.41, 5.74) is 0.477. The number of likely N-dealkylation sites (tertiary alicyclic amines) is 1. The Morgan fingerprint density at radius 1 is 1.25 bits per heavy atom. The number of nitrogens with zero attached hydrogens (tertiary/aromatic N) is 2. The molecule has 5 nitrogen and oxygen atoms in total. The molecule has 1 aromatic carbocycles. The number of amides is 3. The first-order valence-electron chi connectivity index (χ1n) is 8.71. The molecule has 6 heteroatoms. The molecule has 2 bridgehead atoms. The normalized spacial score (nSPS) is 29.2. The zero-order valence-corrected chi connectivity index (χ0v) is 13.6. The highest BCUT2D eigenvalue weighted by molar-refractivity contribution is 5.89. The number of urea groups is 1. The van der Waals surface area contributed by atoms with Crippen LogP contribution in [0.2, 0.25) is 0 Å². The summed E-state index contributed by atoms with van der Waals surface area (Å²) in [6.07, 6.45) is 3.76. The minimum absolute atomic E-state index is 0.175. The maximum absolute atomic E-state index is 13.3. The van der Waals surface area contributed by atoms with Gasteiger partial charge in [0, 0.05) is 37.8 Å². The predicted molar refractivity (Wildman–Crippen MR) is 87.9 cm³/mol. The van der Waals surface area contributed by atoms with Crippen LogP contribution in [0.1, 0.15) is 25.7 Å². The highest BCUT2D eigenvalue weighted by Crippen LogP contribution is 2.38. The molecule has 3 atom stereocenters. The van der Waals surface area contributed by atoms with E-state index in [0.717, 1.165) is 25.8 Å². The number of benzene rings is 1. The van der Waals surface area contributed by atoms with E-state index < -0.39 is 0 Å². The van der Waals surface area contributed by atoms with Gasteiger partial charge in [0.1, 0.15) is 5.82 Å². The molecule has 3 amide bonds. The van der Waals surface area contributed by atoms with E-state index in [9.17, 15) is 14.0 Å². The summed E-state index contributed by atoms with van der Waals surface area (Å²) in [7, 11) is 0. The Hall–Kier alpha value is -2.11. The lowest BCUT2D eigenvalue weighted by Crippen LogP contribution is -2.61. The second kappa shape index (κ2) is 6.07. The molecule has 0 aliphatic carbocycles. The average Bonchev–Trinajstić information content (AvgIpc) is 2.56. The van der Waals surface area contributed by atoms with Crippen molar-refractivity contribution in [2.24, 2.45) is 11.8 Å². The molecule has 1 N–H and O–H groups in total. The molecule has 0 radical (unpaired) electrons. The van der Waals surface area contributed by atoms with Crippen LogP contribution in [-0.2, 0) is 4.79 Å². The lowest BCUT2D eigenvalue weighted by molar-refractivity contribution is -0.144. The number of halogens is 1. The third-order valence-corrected chi connectivity index (χ3v) is 5.54. The SMILES string of the molecule is O=C(Nc1cccc(F)c1)N1CC2CC(C1)[C@H]1CCCC(=O)N1C2. The predicted octanol–water partition coefficient (Wildman–Crippen LogP) is 2.69. The Labute approximate surface area is 140 Å². The van der Waals surface area contributed by atoms with Crippen molar-refractivity contribution in [1.82, 2.24) is 9.80 Å². The number of carbonyl (C=O) groups excluding carboxylic acids is 2. The molecular formula is C18H22FN3O2. The Balaban J connectivity index is 1.45. The fraction of sp³-hybridized carbons (Fsp3) is 0.556. The molecule has 3 saturated heterocycles. The maximum Gasteiger partial charge on any atom is 0.321 e. The zero-order chi connectivity index (χ0) is 16.7. The van der Waals surface area contributed by atoms with Gasteiger partial charge in [0.05, 0.1) is 0 Å². The van der Waals surface area contributed by atoms with E-state index in [-0.39, 0.29) is 23.8 Å². The number of piperidine rings is 3. The van der Waals surface area contributed by atoms with Crippen molar-refractivity contribution in [3.05, 3.63) is 30.1 Å². The molecule has 2 unspecified atom stereocenters. The van der Waals surface area contributed by atoms with Crippen molar-refractivity contribution in [2.75, 3.05) is 25.0 Å². The number of carbonyl (C=O) groups is 2. The average molecular weight is 331 g/mol. The lowest BCUT2D eigenvalue weighted by Gasteiger charge is -2.52. The van der Waals surface area contributed by atoms with Crippen molar-refractivity contribution >= 4 is 17.6 Å². The zero-order valence-electron chi connectivity index (χ0n) is 13.6. The molecule has 3 fully saturated rings. The van der Waals surface area contributed by atoms with E-state index >= 15 is 0 Å². The topological polar surface area (TPSA) is 52.7 Å². The number of anilines is 1. The molecule has 3 heterocycles. The van der Waals surface area contributed by atoms with Gasteiger partial charge in [0.15, 0.2) is 0 Å². The summed E-state index contributed by atoms with van der Waals surface area (Å²) in [4.78, 5) is 28.6. The van der Waals surface area contributed by atoms with Crippen LogP contribution < -0.4 is 5.32 Å². The van der Waals surface area contributed by atoms with E-state index in [2.05, 4.69) is 10.2 Å². The van der Waals surface area contributed by atoms with Crippen LogP contribution in [-0.4, -0.2) is 47.4 Å². The molecule has 3 aliphatic rings. The van der Waals surface area contributed by atoms with Crippen LogP contribution in [0.25, 0.3) is 0 Å². The summed E-state index contributed by atoms with van der Waals surface area (Å²) in [6, 6.07) is 6.06. The molecule has 0 aromatic heterocycles. The van der Waals surface area contributed by atoms with Crippen LogP contribution >= 0.6 is 0 Å². The first-order chi connectivity index (χ1) is 11.6. The molecular weight excluding hydrogens is 309 g/mol. The fourth-order valence-corrected chi connectivity index (χ4v) is 4.54. The maximum atomic E-state index is 13.3. The van der Waals surface area contributed by atoms with Crippen LogP contribution in [0.4, 0.5) is 14.9 Å². The van der Waals surface area contributed by atoms with Crippen LogP contribution in [0.3, 0.4) is 0 Å². The standard InChI is InChI=1S/C18H22FN3O2/c19-14-3-1-4-15(8-14)20-18(24)21-9-12-7-13(11-21)16-5-2-6-17(23)22(16)10-12/h1,3-4,8,12-13,16H,2,5-7,9-11H2,(H,20,24)/t12?,13?,16-/m1/s1. The minimum Gasteiger partial charge on any atom is -0.339 e. The fourth-order valence-electron chi connectivity index (χ4n) is 4.54. The van der Waals surface area contributed by atoms with Gasteiger partial charge >= 0.3 is 6.03 Å². The third-order valence-electron chi connectivity index (χ3n) is 5.54. The van der Waals surface area contributed by atoms with Gasteiger partial charge in [-0.15, -0.1) is 0 Å². The van der Waals surface area contributed by atoms with Crippen molar-refractivity contribution in [2.45, 2.75) is 31.7 Å². The van der Waals surface area contributed by atoms with Crippen LogP contribution in [0.5, 0.6) is 0 Å². The van der Waals surface area contributed by atoms with Gasteiger partial charge < -0.3 is 15.1 Å². The van der Waals surface area contributed by atoms with Gasteiger partial charge in [-0.05, 0) is 49.3 Å². The van der Waals surface area contributed by atoms with Gasteiger partial charge in [0.2, 0.25) is 5.91 Å². The first kappa shape index (κ1) is 15.4. The van der Waals surface area contributed by atoms with E-state index in [0.29, 0.717) is 37.0 Å². The number of rotatable bonds is 1. The Morgan fingerprint density at radius 2 is 2.12 bits per heavy atom. The van der Waals surface area contributed by atoms with Gasteiger partial charge in [-0.3, -0.25) is 4.79 Å². The second-order valence-corrected chi connectivity index (χ2v) is 7.21. The number of nitrogens with one attached hydrogen (secondary N) is 1. The van der Waals surface area contributed by atoms with E-state index in [4.69, 9.17) is 0 Å². The Bertz CT molecular complexity index is 665. The highest BCUT2D eigenvalue weighted by atomic mass is 19.1. The quantitative estimate of drug-likeness (QED) is 0.860. The van der Waals surface area contributed by atoms with Crippen molar-refractivity contribution in [3.63, 3.8) is 0 Å². The van der Waals surface area contributed by atoms with Crippen molar-refractivity contribution < 1.29 is 14.0 Å². The van der Waals surface area contributed by atoms with E-state index in [1.165, 1.54) is 12.1 Å². The summed E-state index contributed by atoms with van der Waals surface area (Å²) >= 11 is 0. The minimum atomic E-state index is -0.361. The molecule has 0 spiro atoms. The molecule has 1 aromatic rings. The number of hydrogen-bond acceptors (Lipinski definition) is 2. The van der Waals surface area contributed by atoms with Crippen LogP contribution in [0, 0.1) is 17.7 Å². The highest BCUT2D eigenvalue weighted by Gasteiger charge is 2.44. The van der Waals surface area contributed by atoms with Crippen molar-refractivity contribution in [1.29, 1.82) is 0 Å². The summed E-state index contributed by atoms with van der Waals surface area (Å²) in [6.45, 7) is 2.10. The van der Waals surface area contributed by atoms with Gasteiger partial charge in [-0.2, -0.15) is 0 Å². The molecule has 128 valence electrons. The molecule has 3 aliphatic heterocycles. The molecule has 24 heavy (non-hydrogen) atoms. The van der Waals surface area contributed by atoms with Gasteiger partial charge in [-0.1, -0.05) is 6.07 Å². The van der Waals surface area contributed by atoms with Crippen molar-refractivity contribution in [3.8, 4) is 0 Å². The van der Waals surface area contributed by atoms with E-state index in [1.54, 1.807) is 12.1 Å². The monoisotopic (exact) mass is 331 g/mol. The molecule has 0 saturated carbocycles. The summed E-state index contributed by atoms with van der Waals surface area (Å²) in [5, 5.41) is 2.79. The third kappa shape index (κ3) is 2.85.